The van der Waals surface area contributed by atoms with Crippen molar-refractivity contribution in [1.82, 2.24) is 10.2 Å². The Kier molecular flexibility index (Phi) is 2.52. The van der Waals surface area contributed by atoms with E-state index in [1.54, 1.807) is 11.3 Å². The predicted molar refractivity (Wildman–Crippen MR) is 68.7 cm³/mol. The molecule has 0 radical (unpaired) electrons. The van der Waals surface area contributed by atoms with Gasteiger partial charge in [-0.3, -0.25) is 10.1 Å². The van der Waals surface area contributed by atoms with Crippen molar-refractivity contribution < 1.29 is 4.79 Å². The Morgan fingerprint density at radius 3 is 2.94 bits per heavy atom. The Bertz CT molecular complexity index is 427. The molecular weight excluding hydrogens is 232 g/mol. The zero-order valence-electron chi connectivity index (χ0n) is 10.3. The molecule has 0 aromatic carbocycles. The van der Waals surface area contributed by atoms with Crippen LogP contribution in [0.4, 0.5) is 0 Å². The second-order valence-electron chi connectivity index (χ2n) is 5.78. The lowest BCUT2D eigenvalue weighted by molar-refractivity contribution is -0.128. The Morgan fingerprint density at radius 2 is 2.35 bits per heavy atom. The van der Waals surface area contributed by atoms with Crippen molar-refractivity contribution in [3.8, 4) is 0 Å². The van der Waals surface area contributed by atoms with Crippen LogP contribution in [0.5, 0.6) is 0 Å². The number of hydrogen-bond acceptors (Lipinski definition) is 3. The molecule has 1 N–H and O–H groups in total. The van der Waals surface area contributed by atoms with Crippen molar-refractivity contribution in [2.75, 3.05) is 13.1 Å². The lowest BCUT2D eigenvalue weighted by Crippen LogP contribution is -2.32. The number of nitrogens with one attached hydrogen (secondary N) is 1. The molecule has 2 fully saturated rings. The van der Waals surface area contributed by atoms with Crippen LogP contribution in [0.3, 0.4) is 0 Å². The van der Waals surface area contributed by atoms with Crippen LogP contribution in [0.25, 0.3) is 0 Å². The van der Waals surface area contributed by atoms with Crippen molar-refractivity contribution in [2.24, 2.45) is 11.3 Å². The maximum absolute atomic E-state index is 11.9. The van der Waals surface area contributed by atoms with E-state index in [1.807, 2.05) is 4.90 Å². The molecule has 17 heavy (non-hydrogen) atoms. The molecule has 3 rings (SSSR count). The zero-order chi connectivity index (χ0) is 12.0. The van der Waals surface area contributed by atoms with Crippen LogP contribution in [0.1, 0.15) is 32.0 Å². The SMILES string of the molecule is CC1(C)CC1CN1C(=O)CNC1c1ccsc1. The molecule has 0 bridgehead atoms. The van der Waals surface area contributed by atoms with Gasteiger partial charge in [0.1, 0.15) is 6.17 Å². The minimum atomic E-state index is 0.102. The van der Waals surface area contributed by atoms with Crippen LogP contribution in [0, 0.1) is 11.3 Å². The highest BCUT2D eigenvalue weighted by Crippen LogP contribution is 2.52. The quantitative estimate of drug-likeness (QED) is 0.892. The van der Waals surface area contributed by atoms with Crippen molar-refractivity contribution in [3.05, 3.63) is 22.4 Å². The molecule has 1 aromatic heterocycles. The maximum Gasteiger partial charge on any atom is 0.238 e. The molecular formula is C13H18N2OS. The van der Waals surface area contributed by atoms with Gasteiger partial charge in [-0.15, -0.1) is 0 Å². The second-order valence-corrected chi connectivity index (χ2v) is 6.56. The van der Waals surface area contributed by atoms with Gasteiger partial charge in [-0.2, -0.15) is 11.3 Å². The fourth-order valence-electron chi connectivity index (χ4n) is 2.60. The van der Waals surface area contributed by atoms with E-state index in [2.05, 4.69) is 36.0 Å². The Balaban J connectivity index is 1.74. The van der Waals surface area contributed by atoms with Crippen LogP contribution in [-0.2, 0) is 4.79 Å². The minimum absolute atomic E-state index is 0.102. The van der Waals surface area contributed by atoms with E-state index in [9.17, 15) is 4.79 Å². The molecule has 3 nitrogen and oxygen atoms in total. The third-order valence-corrected chi connectivity index (χ3v) is 4.77. The lowest BCUT2D eigenvalue weighted by atomic mass is 10.1. The van der Waals surface area contributed by atoms with Gasteiger partial charge in [-0.25, -0.2) is 0 Å². The summed E-state index contributed by atoms with van der Waals surface area (Å²) in [5.41, 5.74) is 1.65. The molecule has 1 saturated heterocycles. The van der Waals surface area contributed by atoms with Crippen LogP contribution in [-0.4, -0.2) is 23.9 Å². The van der Waals surface area contributed by atoms with Gasteiger partial charge in [0.15, 0.2) is 0 Å². The summed E-state index contributed by atoms with van der Waals surface area (Å²) in [6.07, 6.45) is 1.35. The molecule has 1 saturated carbocycles. The third kappa shape index (κ3) is 2.00. The number of thiophene rings is 1. The standard InChI is InChI=1S/C13H18N2OS/c1-13(2)5-10(13)7-15-11(16)6-14-12(15)9-3-4-17-8-9/h3-4,8,10,12,14H,5-7H2,1-2H3. The smallest absolute Gasteiger partial charge is 0.238 e. The molecule has 4 heteroatoms. The number of amides is 1. The van der Waals surface area contributed by atoms with Gasteiger partial charge < -0.3 is 4.90 Å². The van der Waals surface area contributed by atoms with Crippen LogP contribution in [0.2, 0.25) is 0 Å². The van der Waals surface area contributed by atoms with Crippen molar-refractivity contribution in [3.63, 3.8) is 0 Å². The molecule has 2 aliphatic rings. The first-order valence-corrected chi connectivity index (χ1v) is 7.07. The van der Waals surface area contributed by atoms with Crippen molar-refractivity contribution in [2.45, 2.75) is 26.4 Å². The minimum Gasteiger partial charge on any atom is -0.321 e. The average molecular weight is 250 g/mol. The summed E-state index contributed by atoms with van der Waals surface area (Å²) in [6, 6.07) is 2.10. The monoisotopic (exact) mass is 250 g/mol. The number of carbonyl (C=O) groups excluding carboxylic acids is 1. The molecule has 92 valence electrons. The van der Waals surface area contributed by atoms with Gasteiger partial charge in [0.2, 0.25) is 5.91 Å². The van der Waals surface area contributed by atoms with E-state index in [1.165, 1.54) is 12.0 Å². The van der Waals surface area contributed by atoms with Crippen molar-refractivity contribution >= 4 is 17.2 Å². The second kappa shape index (κ2) is 3.82. The summed E-state index contributed by atoms with van der Waals surface area (Å²) in [6.45, 7) is 5.95. The Labute approximate surface area is 106 Å². The Hall–Kier alpha value is -0.870. The van der Waals surface area contributed by atoms with Gasteiger partial charge in [0.05, 0.1) is 6.54 Å². The largest absolute Gasteiger partial charge is 0.321 e. The van der Waals surface area contributed by atoms with Gasteiger partial charge in [0.25, 0.3) is 0 Å². The molecule has 0 spiro atoms. The third-order valence-electron chi connectivity index (χ3n) is 4.07. The van der Waals surface area contributed by atoms with Gasteiger partial charge in [-0.05, 0) is 40.1 Å². The van der Waals surface area contributed by atoms with E-state index >= 15 is 0 Å². The van der Waals surface area contributed by atoms with Gasteiger partial charge >= 0.3 is 0 Å². The first kappa shape index (κ1) is 11.2. The summed E-state index contributed by atoms with van der Waals surface area (Å²) >= 11 is 1.69. The summed E-state index contributed by atoms with van der Waals surface area (Å²) < 4.78 is 0. The van der Waals surface area contributed by atoms with E-state index in [4.69, 9.17) is 0 Å². The lowest BCUT2D eigenvalue weighted by Gasteiger charge is -2.24. The summed E-state index contributed by atoms with van der Waals surface area (Å²) in [5, 5.41) is 7.50. The molecule has 2 atom stereocenters. The van der Waals surface area contributed by atoms with E-state index in [-0.39, 0.29) is 12.1 Å². The normalized spacial score (nSPS) is 30.9. The van der Waals surface area contributed by atoms with Gasteiger partial charge in [0, 0.05) is 6.54 Å². The van der Waals surface area contributed by atoms with Crippen LogP contribution < -0.4 is 5.32 Å². The zero-order valence-corrected chi connectivity index (χ0v) is 11.1. The number of carbonyl (C=O) groups is 1. The van der Waals surface area contributed by atoms with Crippen molar-refractivity contribution in [1.29, 1.82) is 0 Å². The molecule has 2 heterocycles. The summed E-state index contributed by atoms with van der Waals surface area (Å²) in [5.74, 6) is 0.913. The van der Waals surface area contributed by atoms with E-state index in [0.29, 0.717) is 17.9 Å². The number of rotatable bonds is 3. The van der Waals surface area contributed by atoms with Crippen LogP contribution in [0.15, 0.2) is 16.8 Å². The Morgan fingerprint density at radius 1 is 1.59 bits per heavy atom. The van der Waals surface area contributed by atoms with E-state index < -0.39 is 0 Å². The first-order chi connectivity index (χ1) is 8.08. The topological polar surface area (TPSA) is 32.3 Å². The number of nitrogens with zero attached hydrogens (tertiary/aromatic N) is 1. The fraction of sp³-hybridized carbons (Fsp3) is 0.615. The molecule has 1 aliphatic carbocycles. The number of hydrogen-bond donors (Lipinski definition) is 1. The highest BCUT2D eigenvalue weighted by atomic mass is 32.1. The van der Waals surface area contributed by atoms with E-state index in [0.717, 1.165) is 6.54 Å². The molecule has 1 aromatic rings. The molecule has 1 aliphatic heterocycles. The molecule has 1 amide bonds. The summed E-state index contributed by atoms with van der Waals surface area (Å²) in [4.78, 5) is 13.9. The average Bonchev–Trinajstić information content (AvgIpc) is 2.73. The molecule has 2 unspecified atom stereocenters. The van der Waals surface area contributed by atoms with Crippen LogP contribution >= 0.6 is 11.3 Å². The first-order valence-electron chi connectivity index (χ1n) is 6.13. The predicted octanol–water partition coefficient (Wildman–Crippen LogP) is 2.22. The maximum atomic E-state index is 11.9. The highest BCUT2D eigenvalue weighted by molar-refractivity contribution is 7.07. The summed E-state index contributed by atoms with van der Waals surface area (Å²) in [7, 11) is 0. The fourth-order valence-corrected chi connectivity index (χ4v) is 3.28. The highest BCUT2D eigenvalue weighted by Gasteiger charge is 2.48. The van der Waals surface area contributed by atoms with Gasteiger partial charge in [-0.1, -0.05) is 13.8 Å².